The molecule has 2 aliphatic rings. The lowest BCUT2D eigenvalue weighted by molar-refractivity contribution is -0.114. The highest BCUT2D eigenvalue weighted by Gasteiger charge is 2.45. The number of rotatable bonds is 1. The molecule has 2 aliphatic carbocycles. The molecule has 0 aliphatic heterocycles. The van der Waals surface area contributed by atoms with Crippen LogP contribution in [-0.2, 0) is 9.59 Å². The van der Waals surface area contributed by atoms with E-state index in [4.69, 9.17) is 0 Å². The predicted octanol–water partition coefficient (Wildman–Crippen LogP) is 4.15. The van der Waals surface area contributed by atoms with Crippen molar-refractivity contribution in [3.63, 3.8) is 0 Å². The van der Waals surface area contributed by atoms with Crippen molar-refractivity contribution in [1.29, 1.82) is 0 Å². The first-order chi connectivity index (χ1) is 12.9. The first-order valence-corrected chi connectivity index (χ1v) is 11.3. The summed E-state index contributed by atoms with van der Waals surface area (Å²) in [6.07, 6.45) is 0. The maximum atomic E-state index is 12.7. The number of halogens is 4. The van der Waals surface area contributed by atoms with E-state index in [2.05, 4.69) is 0 Å². The van der Waals surface area contributed by atoms with E-state index in [-0.39, 0.29) is 14.3 Å². The van der Waals surface area contributed by atoms with Gasteiger partial charge in [0, 0.05) is 0 Å². The van der Waals surface area contributed by atoms with Crippen molar-refractivity contribution < 1.29 is 40.2 Å². The van der Waals surface area contributed by atoms with Crippen LogP contribution in [-0.4, -0.2) is 42.2 Å². The molecule has 0 saturated carbocycles. The monoisotopic (exact) mass is 834 g/mol. The van der Waals surface area contributed by atoms with Gasteiger partial charge < -0.3 is 30.6 Å². The molecule has 0 heterocycles. The van der Waals surface area contributed by atoms with Gasteiger partial charge in [-0.05, 0) is 90.4 Å². The van der Waals surface area contributed by atoms with Crippen molar-refractivity contribution >= 4 is 108 Å². The second kappa shape index (κ2) is 7.49. The lowest BCUT2D eigenvalue weighted by Crippen LogP contribution is -2.28. The van der Waals surface area contributed by atoms with Crippen LogP contribution in [0.3, 0.4) is 0 Å². The van der Waals surface area contributed by atoms with E-state index >= 15 is 0 Å². The molecule has 0 atom stereocenters. The summed E-state index contributed by atoms with van der Waals surface area (Å²) in [6, 6.07) is 0. The molecule has 1 aromatic carbocycles. The first kappa shape index (κ1) is 21.9. The summed E-state index contributed by atoms with van der Waals surface area (Å²) in [5.41, 5.74) is -1.84. The molecule has 3 rings (SSSR count). The lowest BCUT2D eigenvalue weighted by Gasteiger charge is -2.27. The highest BCUT2D eigenvalue weighted by Crippen LogP contribution is 2.52. The number of carbonyl (C=O) groups excluding carboxylic acids is 2. The predicted molar refractivity (Wildman–Crippen MR) is 131 cm³/mol. The van der Waals surface area contributed by atoms with Gasteiger partial charge in [0.15, 0.2) is 0 Å². The normalized spacial score (nSPS) is 20.3. The molecule has 0 fully saturated rings. The number of aliphatic hydroxyl groups excluding tert-OH is 3. The number of ketones is 2. The van der Waals surface area contributed by atoms with Crippen molar-refractivity contribution in [1.82, 2.24) is 0 Å². The Labute approximate surface area is 210 Å². The number of aliphatic hydroxyl groups is 3. The van der Waals surface area contributed by atoms with Crippen LogP contribution in [0.4, 0.5) is 0 Å². The standard InChI is InChI=1S/C16H6I4O8/c17-5-11(23)3(12(24)6(18)15(5)27)1-9(21)2(10(1)22)4-13(25)7(19)16(28)8(20)14(4)26/h21,23-25,27-28H/b4-2-. The van der Waals surface area contributed by atoms with Crippen molar-refractivity contribution in [2.24, 2.45) is 0 Å². The quantitative estimate of drug-likeness (QED) is 0.182. The highest BCUT2D eigenvalue weighted by atomic mass is 127. The van der Waals surface area contributed by atoms with E-state index in [1.54, 1.807) is 90.4 Å². The summed E-state index contributed by atoms with van der Waals surface area (Å²) in [5, 5.41) is 60.9. The largest absolute Gasteiger partial charge is 0.506 e. The van der Waals surface area contributed by atoms with Gasteiger partial charge in [0.2, 0.25) is 11.6 Å². The van der Waals surface area contributed by atoms with Crippen LogP contribution in [0, 0.1) is 7.14 Å². The van der Waals surface area contributed by atoms with E-state index in [9.17, 15) is 40.2 Å². The Morgan fingerprint density at radius 2 is 0.964 bits per heavy atom. The number of benzene rings is 1. The molecule has 6 N–H and O–H groups in total. The highest BCUT2D eigenvalue weighted by molar-refractivity contribution is 14.1. The van der Waals surface area contributed by atoms with E-state index in [1.807, 2.05) is 0 Å². The zero-order valence-corrected chi connectivity index (χ0v) is 21.6. The Morgan fingerprint density at radius 1 is 0.500 bits per heavy atom. The summed E-state index contributed by atoms with van der Waals surface area (Å²) in [6.45, 7) is 0. The number of carbonyl (C=O) groups is 2. The molecule has 0 radical (unpaired) electrons. The van der Waals surface area contributed by atoms with Gasteiger partial charge >= 0.3 is 0 Å². The van der Waals surface area contributed by atoms with Crippen LogP contribution in [0.5, 0.6) is 17.2 Å². The van der Waals surface area contributed by atoms with Gasteiger partial charge in [0.1, 0.15) is 38.1 Å². The number of allylic oxidation sites excluding steroid dienone is 5. The van der Waals surface area contributed by atoms with Crippen molar-refractivity contribution in [3.05, 3.63) is 48.3 Å². The summed E-state index contributed by atoms with van der Waals surface area (Å²) in [4.78, 5) is 25.2. The zero-order chi connectivity index (χ0) is 21.2. The number of phenolic OH excluding ortho intramolecular Hbond substituents is 3. The molecule has 28 heavy (non-hydrogen) atoms. The first-order valence-electron chi connectivity index (χ1n) is 7.01. The van der Waals surface area contributed by atoms with Gasteiger partial charge in [-0.1, -0.05) is 0 Å². The Hall–Kier alpha value is -0.760. The minimum Gasteiger partial charge on any atom is -0.506 e. The fourth-order valence-corrected chi connectivity index (χ4v) is 5.82. The Kier molecular flexibility index (Phi) is 5.87. The minimum atomic E-state index is -0.898. The smallest absolute Gasteiger partial charge is 0.207 e. The van der Waals surface area contributed by atoms with E-state index in [0.717, 1.165) is 0 Å². The lowest BCUT2D eigenvalue weighted by atomic mass is 9.78. The van der Waals surface area contributed by atoms with Crippen LogP contribution in [0.1, 0.15) is 5.56 Å². The van der Waals surface area contributed by atoms with Crippen molar-refractivity contribution in [2.75, 3.05) is 0 Å². The van der Waals surface area contributed by atoms with Gasteiger partial charge in [-0.15, -0.1) is 0 Å². The Morgan fingerprint density at radius 3 is 1.43 bits per heavy atom. The molecule has 0 aromatic heterocycles. The molecular weight excluding hydrogens is 828 g/mol. The minimum absolute atomic E-state index is 0.0440. The number of Topliss-reactive ketones (excluding diaryl/α,β-unsaturated/α-hetero) is 2. The van der Waals surface area contributed by atoms with E-state index < -0.39 is 68.4 Å². The maximum Gasteiger partial charge on any atom is 0.207 e. The molecule has 1 aromatic rings. The molecule has 0 saturated heterocycles. The van der Waals surface area contributed by atoms with E-state index in [1.165, 1.54) is 0 Å². The molecule has 8 nitrogen and oxygen atoms in total. The van der Waals surface area contributed by atoms with Gasteiger partial charge in [0.05, 0.1) is 33.0 Å². The molecular formula is C16H6I4O8. The number of phenols is 3. The van der Waals surface area contributed by atoms with E-state index in [0.29, 0.717) is 0 Å². The summed E-state index contributed by atoms with van der Waals surface area (Å²) in [7, 11) is 0. The third-order valence-corrected chi connectivity index (χ3v) is 8.09. The second-order valence-electron chi connectivity index (χ2n) is 5.51. The molecule has 0 spiro atoms. The second-order valence-corrected chi connectivity index (χ2v) is 9.82. The molecule has 0 amide bonds. The molecule has 146 valence electrons. The van der Waals surface area contributed by atoms with Crippen LogP contribution in [0.2, 0.25) is 0 Å². The van der Waals surface area contributed by atoms with Crippen LogP contribution in [0.15, 0.2) is 35.6 Å². The number of aromatic hydroxyl groups is 3. The topological polar surface area (TPSA) is 156 Å². The van der Waals surface area contributed by atoms with Gasteiger partial charge in [-0.25, -0.2) is 0 Å². The zero-order valence-electron chi connectivity index (χ0n) is 13.0. The summed E-state index contributed by atoms with van der Waals surface area (Å²) in [5.74, 6) is -5.20. The van der Waals surface area contributed by atoms with Crippen LogP contribution < -0.4 is 0 Å². The molecule has 0 unspecified atom stereocenters. The average molecular weight is 834 g/mol. The number of hydrogen-bond donors (Lipinski definition) is 6. The average Bonchev–Trinajstić information content (AvgIpc) is 2.68. The SMILES string of the molecule is O=C1C(I)=C(O)C(I)=C(O)/C1=C1/C(=O)C(c2c(O)c(I)c(O)c(I)c2O)=C1O. The Bertz CT molecular complexity index is 1110. The van der Waals surface area contributed by atoms with Gasteiger partial charge in [-0.3, -0.25) is 9.59 Å². The third-order valence-electron chi connectivity index (χ3n) is 4.02. The van der Waals surface area contributed by atoms with Gasteiger partial charge in [0.25, 0.3) is 0 Å². The maximum absolute atomic E-state index is 12.7. The van der Waals surface area contributed by atoms with Crippen molar-refractivity contribution in [2.45, 2.75) is 0 Å². The summed E-state index contributed by atoms with van der Waals surface area (Å²) >= 11 is 6.36. The molecule has 0 bridgehead atoms. The van der Waals surface area contributed by atoms with Crippen LogP contribution >= 0.6 is 90.4 Å². The fourth-order valence-electron chi connectivity index (χ4n) is 2.63. The number of hydrogen-bond acceptors (Lipinski definition) is 8. The molecule has 12 heteroatoms. The van der Waals surface area contributed by atoms with Crippen LogP contribution in [0.25, 0.3) is 5.57 Å². The van der Waals surface area contributed by atoms with Crippen molar-refractivity contribution in [3.8, 4) is 17.2 Å². The van der Waals surface area contributed by atoms with Gasteiger partial charge in [-0.2, -0.15) is 0 Å². The Balaban J connectivity index is 2.31. The fraction of sp³-hybridized carbons (Fsp3) is 0. The summed E-state index contributed by atoms with van der Waals surface area (Å²) < 4.78 is -0.303. The third kappa shape index (κ3) is 2.92.